The van der Waals surface area contributed by atoms with Gasteiger partial charge in [0.25, 0.3) is 5.91 Å². The van der Waals surface area contributed by atoms with Crippen molar-refractivity contribution in [3.63, 3.8) is 0 Å². The summed E-state index contributed by atoms with van der Waals surface area (Å²) in [5.74, 6) is 1.03. The second kappa shape index (κ2) is 11.9. The van der Waals surface area contributed by atoms with Crippen LogP contribution in [0, 0.1) is 5.41 Å². The van der Waals surface area contributed by atoms with Crippen molar-refractivity contribution in [3.05, 3.63) is 96.3 Å². The average molecular weight is 512 g/mol. The van der Waals surface area contributed by atoms with E-state index in [1.165, 1.54) is 0 Å². The maximum absolute atomic E-state index is 13.9. The van der Waals surface area contributed by atoms with Gasteiger partial charge in [-0.15, -0.1) is 0 Å². The van der Waals surface area contributed by atoms with E-state index in [1.54, 1.807) is 30.6 Å². The van der Waals surface area contributed by atoms with Gasteiger partial charge in [-0.05, 0) is 49.4 Å². The fraction of sp³-hybridized carbons (Fsp3) is 0.333. The van der Waals surface area contributed by atoms with E-state index in [0.29, 0.717) is 69.2 Å². The van der Waals surface area contributed by atoms with E-state index in [-0.39, 0.29) is 17.9 Å². The number of piperidine rings is 1. The molecule has 2 N–H and O–H groups in total. The van der Waals surface area contributed by atoms with Crippen molar-refractivity contribution in [3.8, 4) is 5.75 Å². The molecule has 1 saturated heterocycles. The molecular weight excluding hydrogens is 478 g/mol. The third kappa shape index (κ3) is 6.02. The fourth-order valence-corrected chi connectivity index (χ4v) is 5.13. The Kier molecular flexibility index (Phi) is 7.97. The lowest BCUT2D eigenvalue weighted by Gasteiger charge is -2.41. The number of hydrogen-bond donors (Lipinski definition) is 2. The highest BCUT2D eigenvalue weighted by Crippen LogP contribution is 2.37. The number of nitrogens with one attached hydrogen (secondary N) is 2. The van der Waals surface area contributed by atoms with Gasteiger partial charge in [0.1, 0.15) is 12.4 Å². The van der Waals surface area contributed by atoms with Gasteiger partial charge in [-0.3, -0.25) is 9.59 Å². The molecule has 3 heterocycles. The number of allylic oxidation sites excluding steroid dienone is 1. The maximum atomic E-state index is 13.9. The maximum Gasteiger partial charge on any atom is 0.255 e. The van der Waals surface area contributed by atoms with Crippen LogP contribution in [0.25, 0.3) is 0 Å². The molecule has 38 heavy (non-hydrogen) atoms. The van der Waals surface area contributed by atoms with E-state index in [0.717, 1.165) is 5.56 Å². The smallest absolute Gasteiger partial charge is 0.255 e. The third-order valence-corrected chi connectivity index (χ3v) is 7.35. The quantitative estimate of drug-likeness (QED) is 0.522. The Morgan fingerprint density at radius 1 is 0.921 bits per heavy atom. The highest BCUT2D eigenvalue weighted by molar-refractivity contribution is 5.97. The summed E-state index contributed by atoms with van der Waals surface area (Å²) in [5, 5.41) is 6.34. The Bertz CT molecular complexity index is 1260. The summed E-state index contributed by atoms with van der Waals surface area (Å²) >= 11 is 0. The number of carbonyl (C=O) groups excluding carboxylic acids is 2. The Morgan fingerprint density at radius 2 is 1.66 bits per heavy atom. The van der Waals surface area contributed by atoms with Crippen LogP contribution in [0.5, 0.6) is 5.75 Å². The van der Waals surface area contributed by atoms with Crippen LogP contribution in [0.4, 0.5) is 5.95 Å². The molecule has 0 aliphatic carbocycles. The molecule has 1 atom stereocenters. The number of amides is 2. The average Bonchev–Trinajstić information content (AvgIpc) is 2.96. The highest BCUT2D eigenvalue weighted by Gasteiger charge is 2.41. The van der Waals surface area contributed by atoms with E-state index in [9.17, 15) is 9.59 Å². The number of ether oxygens (including phenoxy) is 1. The number of carbonyl (C=O) groups is 2. The topological polar surface area (TPSA) is 96.5 Å². The minimum Gasteiger partial charge on any atom is -0.489 e. The zero-order valence-corrected chi connectivity index (χ0v) is 21.4. The van der Waals surface area contributed by atoms with E-state index >= 15 is 0 Å². The molecule has 2 aliphatic rings. The van der Waals surface area contributed by atoms with Gasteiger partial charge in [-0.2, -0.15) is 0 Å². The predicted molar refractivity (Wildman–Crippen MR) is 146 cm³/mol. The first-order valence-electron chi connectivity index (χ1n) is 13.1. The second-order valence-corrected chi connectivity index (χ2v) is 9.87. The molecule has 1 aromatic heterocycles. The normalized spacial score (nSPS) is 20.8. The molecule has 0 radical (unpaired) electrons. The van der Waals surface area contributed by atoms with Crippen molar-refractivity contribution in [2.75, 3.05) is 31.1 Å². The van der Waals surface area contributed by atoms with Gasteiger partial charge in [-0.25, -0.2) is 9.97 Å². The summed E-state index contributed by atoms with van der Waals surface area (Å²) in [7, 11) is 0. The van der Waals surface area contributed by atoms with Crippen LogP contribution in [0.15, 0.2) is 85.2 Å². The van der Waals surface area contributed by atoms with E-state index in [2.05, 4.69) is 25.5 Å². The molecule has 0 bridgehead atoms. The van der Waals surface area contributed by atoms with Crippen LogP contribution in [0.2, 0.25) is 0 Å². The van der Waals surface area contributed by atoms with Crippen LogP contribution < -0.4 is 20.3 Å². The standard InChI is InChI=1S/C30H33N5O3/c36-27-25-11-4-5-12-26(25)38-20-7-6-13-30(14-18-35(19-15-30)29-31-16-8-17-32-29)28(37)34-24(22-33-27)21-23-9-2-1-3-10-23/h1-12,16-17,24H,13-15,18-22H2,(H,33,36)(H,34,37)/b7-6+/t24-/m1/s1. The molecule has 1 spiro atoms. The fourth-order valence-electron chi connectivity index (χ4n) is 5.13. The van der Waals surface area contributed by atoms with Crippen LogP contribution >= 0.6 is 0 Å². The van der Waals surface area contributed by atoms with Crippen molar-refractivity contribution >= 4 is 17.8 Å². The van der Waals surface area contributed by atoms with Crippen molar-refractivity contribution in [1.82, 2.24) is 20.6 Å². The number of para-hydroxylation sites is 1. The minimum atomic E-state index is -0.567. The van der Waals surface area contributed by atoms with Crippen molar-refractivity contribution in [2.45, 2.75) is 31.7 Å². The van der Waals surface area contributed by atoms with Gasteiger partial charge in [0.15, 0.2) is 0 Å². The lowest BCUT2D eigenvalue weighted by molar-refractivity contribution is -0.133. The molecule has 196 valence electrons. The Labute approximate surface area is 223 Å². The van der Waals surface area contributed by atoms with Crippen molar-refractivity contribution < 1.29 is 14.3 Å². The summed E-state index contributed by atoms with van der Waals surface area (Å²) in [6.07, 6.45) is 10.0. The number of nitrogens with zero attached hydrogens (tertiary/aromatic N) is 3. The number of fused-ring (bicyclic) bond motifs is 1. The van der Waals surface area contributed by atoms with E-state index in [1.807, 2.05) is 54.6 Å². The molecular formula is C30H33N5O3. The van der Waals surface area contributed by atoms with Gasteiger partial charge in [0, 0.05) is 32.0 Å². The van der Waals surface area contributed by atoms with E-state index < -0.39 is 5.41 Å². The Hall–Kier alpha value is -4.20. The molecule has 2 aromatic carbocycles. The second-order valence-electron chi connectivity index (χ2n) is 9.87. The van der Waals surface area contributed by atoms with Gasteiger partial charge in [0.05, 0.1) is 17.0 Å². The number of aromatic nitrogens is 2. The summed E-state index contributed by atoms with van der Waals surface area (Å²) < 4.78 is 5.93. The molecule has 0 saturated carbocycles. The van der Waals surface area contributed by atoms with Gasteiger partial charge in [0.2, 0.25) is 11.9 Å². The number of rotatable bonds is 3. The molecule has 2 amide bonds. The molecule has 3 aromatic rings. The largest absolute Gasteiger partial charge is 0.489 e. The molecule has 0 unspecified atom stereocenters. The van der Waals surface area contributed by atoms with E-state index in [4.69, 9.17) is 4.74 Å². The van der Waals surface area contributed by atoms with Crippen LogP contribution in [-0.4, -0.2) is 54.1 Å². The Balaban J connectivity index is 1.40. The summed E-state index contributed by atoms with van der Waals surface area (Å²) in [6, 6.07) is 18.8. The first-order chi connectivity index (χ1) is 18.6. The zero-order chi connectivity index (χ0) is 26.2. The lowest BCUT2D eigenvalue weighted by Crippen LogP contribution is -2.54. The Morgan fingerprint density at radius 3 is 2.45 bits per heavy atom. The number of anilines is 1. The van der Waals surface area contributed by atoms with Gasteiger partial charge >= 0.3 is 0 Å². The zero-order valence-electron chi connectivity index (χ0n) is 21.4. The van der Waals surface area contributed by atoms with Crippen LogP contribution in [0.3, 0.4) is 0 Å². The van der Waals surface area contributed by atoms with Gasteiger partial charge in [-0.1, -0.05) is 54.6 Å². The van der Waals surface area contributed by atoms with Gasteiger partial charge < -0.3 is 20.3 Å². The highest BCUT2D eigenvalue weighted by atomic mass is 16.5. The SMILES string of the molecule is O=C1NC[C@@H](Cc2ccccc2)NC(=O)C2(C/C=C/COc3ccccc31)CCN(c1ncccn1)CC2. The molecule has 8 heteroatoms. The molecule has 8 nitrogen and oxygen atoms in total. The first-order valence-corrected chi connectivity index (χ1v) is 13.1. The van der Waals surface area contributed by atoms with Crippen LogP contribution in [-0.2, 0) is 11.2 Å². The predicted octanol–water partition coefficient (Wildman–Crippen LogP) is 3.56. The number of benzene rings is 2. The molecule has 2 aliphatic heterocycles. The monoisotopic (exact) mass is 511 g/mol. The summed E-state index contributed by atoms with van der Waals surface area (Å²) in [5.41, 5.74) is 1.01. The lowest BCUT2D eigenvalue weighted by atomic mass is 9.74. The van der Waals surface area contributed by atoms with Crippen LogP contribution in [0.1, 0.15) is 35.2 Å². The molecule has 1 fully saturated rings. The molecule has 5 rings (SSSR count). The van der Waals surface area contributed by atoms with Crippen molar-refractivity contribution in [1.29, 1.82) is 0 Å². The third-order valence-electron chi connectivity index (χ3n) is 7.35. The summed E-state index contributed by atoms with van der Waals surface area (Å²) in [4.78, 5) is 37.9. The van der Waals surface area contributed by atoms with Crippen molar-refractivity contribution in [2.24, 2.45) is 5.41 Å². The number of hydrogen-bond acceptors (Lipinski definition) is 6. The minimum absolute atomic E-state index is 0.0179. The first kappa shape index (κ1) is 25.4. The summed E-state index contributed by atoms with van der Waals surface area (Å²) in [6.45, 7) is 2.01.